The summed E-state index contributed by atoms with van der Waals surface area (Å²) in [4.78, 5) is 25.2. The topological polar surface area (TPSA) is 110 Å². The van der Waals surface area contributed by atoms with E-state index in [2.05, 4.69) is 10.6 Å². The average molecular weight is 460 g/mol. The van der Waals surface area contributed by atoms with Crippen LogP contribution in [0.5, 0.6) is 17.2 Å². The van der Waals surface area contributed by atoms with Crippen molar-refractivity contribution in [3.05, 3.63) is 77.9 Å². The Kier molecular flexibility index (Phi) is 8.47. The van der Waals surface area contributed by atoms with Gasteiger partial charge in [0.05, 0.1) is 36.2 Å². The summed E-state index contributed by atoms with van der Waals surface area (Å²) < 4.78 is 16.9. The van der Waals surface area contributed by atoms with E-state index in [1.807, 2.05) is 26.0 Å². The van der Waals surface area contributed by atoms with Gasteiger partial charge in [-0.3, -0.25) is 9.59 Å². The van der Waals surface area contributed by atoms with Crippen molar-refractivity contribution < 1.29 is 23.8 Å². The Labute approximate surface area is 198 Å². The van der Waals surface area contributed by atoms with Gasteiger partial charge in [-0.2, -0.15) is 5.26 Å². The number of anilines is 2. The third-order valence-electron chi connectivity index (χ3n) is 4.59. The number of hydrogen-bond donors (Lipinski definition) is 2. The van der Waals surface area contributed by atoms with Crippen molar-refractivity contribution in [2.24, 2.45) is 0 Å². The molecule has 0 saturated heterocycles. The lowest BCUT2D eigenvalue weighted by Crippen LogP contribution is -2.21. The second kappa shape index (κ2) is 11.9. The number of benzene rings is 3. The summed E-state index contributed by atoms with van der Waals surface area (Å²) in [5, 5.41) is 14.5. The van der Waals surface area contributed by atoms with Crippen molar-refractivity contribution in [2.75, 3.05) is 30.5 Å². The molecular formula is C26H25N3O5. The van der Waals surface area contributed by atoms with E-state index in [-0.39, 0.29) is 12.5 Å². The van der Waals surface area contributed by atoms with Gasteiger partial charge in [-0.15, -0.1) is 0 Å². The van der Waals surface area contributed by atoms with E-state index in [0.717, 1.165) is 0 Å². The normalized spacial score (nSPS) is 10.0. The molecule has 3 rings (SSSR count). The maximum absolute atomic E-state index is 12.7. The molecular weight excluding hydrogens is 434 g/mol. The number of nitrogens with one attached hydrogen (secondary N) is 2. The molecule has 8 nitrogen and oxygen atoms in total. The molecule has 174 valence electrons. The summed E-state index contributed by atoms with van der Waals surface area (Å²) >= 11 is 0. The monoisotopic (exact) mass is 459 g/mol. The Bertz CT molecular complexity index is 1170. The highest BCUT2D eigenvalue weighted by Gasteiger charge is 2.17. The molecule has 0 atom stereocenters. The first kappa shape index (κ1) is 24.1. The van der Waals surface area contributed by atoms with Crippen LogP contribution in [0.2, 0.25) is 0 Å². The van der Waals surface area contributed by atoms with Crippen LogP contribution >= 0.6 is 0 Å². The van der Waals surface area contributed by atoms with Crippen LogP contribution in [0.1, 0.15) is 29.8 Å². The Hall–Kier alpha value is -4.51. The molecule has 8 heteroatoms. The lowest BCUT2D eigenvalue weighted by atomic mass is 10.2. The van der Waals surface area contributed by atoms with Crippen molar-refractivity contribution >= 4 is 23.2 Å². The molecule has 0 saturated carbocycles. The molecule has 0 heterocycles. The van der Waals surface area contributed by atoms with Gasteiger partial charge in [-0.25, -0.2) is 0 Å². The fourth-order valence-electron chi connectivity index (χ4n) is 3.05. The van der Waals surface area contributed by atoms with Gasteiger partial charge in [0, 0.05) is 17.7 Å². The highest BCUT2D eigenvalue weighted by Crippen LogP contribution is 2.37. The van der Waals surface area contributed by atoms with Crippen LogP contribution < -0.4 is 24.8 Å². The van der Waals surface area contributed by atoms with Gasteiger partial charge in [0.15, 0.2) is 6.61 Å². The van der Waals surface area contributed by atoms with E-state index in [9.17, 15) is 9.59 Å². The van der Waals surface area contributed by atoms with Crippen molar-refractivity contribution in [1.82, 2.24) is 0 Å². The smallest absolute Gasteiger partial charge is 0.262 e. The first-order valence-corrected chi connectivity index (χ1v) is 10.8. The summed E-state index contributed by atoms with van der Waals surface area (Å²) in [5.41, 5.74) is 1.81. The van der Waals surface area contributed by atoms with Gasteiger partial charge < -0.3 is 24.8 Å². The van der Waals surface area contributed by atoms with Gasteiger partial charge >= 0.3 is 0 Å². The molecule has 0 aliphatic heterocycles. The van der Waals surface area contributed by atoms with Crippen molar-refractivity contribution in [1.29, 1.82) is 5.26 Å². The zero-order valence-electron chi connectivity index (χ0n) is 19.0. The van der Waals surface area contributed by atoms with E-state index in [1.54, 1.807) is 60.7 Å². The number of ether oxygens (including phenoxy) is 3. The number of rotatable bonds is 10. The number of nitriles is 1. The first-order chi connectivity index (χ1) is 16.5. The quantitative estimate of drug-likeness (QED) is 0.458. The van der Waals surface area contributed by atoms with Crippen LogP contribution in [0.4, 0.5) is 11.4 Å². The average Bonchev–Trinajstić information content (AvgIpc) is 2.86. The molecule has 0 fully saturated rings. The number of nitrogens with zero attached hydrogens (tertiary/aromatic N) is 1. The molecule has 3 aromatic rings. The van der Waals surface area contributed by atoms with Crippen LogP contribution in [0, 0.1) is 11.3 Å². The first-order valence-electron chi connectivity index (χ1n) is 10.8. The Morgan fingerprint density at radius 2 is 1.41 bits per heavy atom. The van der Waals surface area contributed by atoms with Crippen LogP contribution in [-0.4, -0.2) is 31.6 Å². The van der Waals surface area contributed by atoms with Gasteiger partial charge in [-0.05, 0) is 50.2 Å². The zero-order chi connectivity index (χ0) is 24.3. The Balaban J connectivity index is 1.77. The number of carbonyl (C=O) groups excluding carboxylic acids is 2. The maximum atomic E-state index is 12.7. The minimum Gasteiger partial charge on any atom is -0.492 e. The van der Waals surface area contributed by atoms with E-state index in [4.69, 9.17) is 19.5 Å². The summed E-state index contributed by atoms with van der Waals surface area (Å²) in [6.07, 6.45) is 0. The minimum absolute atomic E-state index is 0.242. The molecule has 0 unspecified atom stereocenters. The van der Waals surface area contributed by atoms with Gasteiger partial charge in [0.25, 0.3) is 11.8 Å². The van der Waals surface area contributed by atoms with Crippen LogP contribution in [0.15, 0.2) is 66.7 Å². The van der Waals surface area contributed by atoms with E-state index >= 15 is 0 Å². The second-order valence-corrected chi connectivity index (χ2v) is 7.00. The third kappa shape index (κ3) is 6.50. The van der Waals surface area contributed by atoms with Gasteiger partial charge in [0.1, 0.15) is 17.2 Å². The summed E-state index contributed by atoms with van der Waals surface area (Å²) in [6.45, 7) is 4.11. The molecule has 2 N–H and O–H groups in total. The predicted octanol–water partition coefficient (Wildman–Crippen LogP) is 4.63. The van der Waals surface area contributed by atoms with Crippen molar-refractivity contribution in [2.45, 2.75) is 13.8 Å². The molecule has 0 spiro atoms. The largest absolute Gasteiger partial charge is 0.492 e. The van der Waals surface area contributed by atoms with Crippen molar-refractivity contribution in [3.63, 3.8) is 0 Å². The maximum Gasteiger partial charge on any atom is 0.262 e. The lowest BCUT2D eigenvalue weighted by molar-refractivity contribution is -0.118. The highest BCUT2D eigenvalue weighted by atomic mass is 16.5. The van der Waals surface area contributed by atoms with Crippen LogP contribution in [0.3, 0.4) is 0 Å². The summed E-state index contributed by atoms with van der Waals surface area (Å²) in [7, 11) is 0. The molecule has 3 aromatic carbocycles. The van der Waals surface area contributed by atoms with E-state index < -0.39 is 5.91 Å². The molecule has 2 amide bonds. The number of hydrogen-bond acceptors (Lipinski definition) is 6. The second-order valence-electron chi connectivity index (χ2n) is 7.00. The molecule has 0 aromatic heterocycles. The van der Waals surface area contributed by atoms with Crippen LogP contribution in [-0.2, 0) is 4.79 Å². The minimum atomic E-state index is -0.408. The summed E-state index contributed by atoms with van der Waals surface area (Å²) in [5.74, 6) is 0.526. The third-order valence-corrected chi connectivity index (χ3v) is 4.59. The SMILES string of the molecule is CCOc1cc(NC(=O)c2ccccc2)c(OCC)cc1NC(=O)COc1ccc(C#N)cc1. The number of carbonyl (C=O) groups is 2. The van der Waals surface area contributed by atoms with E-state index in [0.29, 0.717) is 53.0 Å². The Morgan fingerprint density at radius 3 is 1.97 bits per heavy atom. The number of amides is 2. The summed E-state index contributed by atoms with van der Waals surface area (Å²) in [6, 6.07) is 20.5. The Morgan fingerprint density at radius 1 is 0.824 bits per heavy atom. The lowest BCUT2D eigenvalue weighted by Gasteiger charge is -2.18. The van der Waals surface area contributed by atoms with Crippen LogP contribution in [0.25, 0.3) is 0 Å². The zero-order valence-corrected chi connectivity index (χ0v) is 19.0. The highest BCUT2D eigenvalue weighted by molar-refractivity contribution is 6.05. The standard InChI is InChI=1S/C26H25N3O5/c1-3-32-23-15-22(29-26(31)19-8-6-5-7-9-19)24(33-4-2)14-21(23)28-25(30)17-34-20-12-10-18(16-27)11-13-20/h5-15H,3-4,17H2,1-2H3,(H,28,30)(H,29,31). The van der Waals surface area contributed by atoms with E-state index in [1.165, 1.54) is 0 Å². The fourth-order valence-corrected chi connectivity index (χ4v) is 3.05. The predicted molar refractivity (Wildman–Crippen MR) is 128 cm³/mol. The molecule has 0 bridgehead atoms. The molecule has 34 heavy (non-hydrogen) atoms. The van der Waals surface area contributed by atoms with Crippen molar-refractivity contribution in [3.8, 4) is 23.3 Å². The fraction of sp³-hybridized carbons (Fsp3) is 0.192. The molecule has 0 aliphatic carbocycles. The van der Waals surface area contributed by atoms with Gasteiger partial charge in [0.2, 0.25) is 0 Å². The molecule has 0 aliphatic rings. The van der Waals surface area contributed by atoms with Gasteiger partial charge in [-0.1, -0.05) is 18.2 Å². The molecule has 0 radical (unpaired) electrons.